The van der Waals surface area contributed by atoms with Gasteiger partial charge in [-0.3, -0.25) is 14.7 Å². The minimum absolute atomic E-state index is 0.105. The van der Waals surface area contributed by atoms with Crippen LogP contribution >= 0.6 is 0 Å². The molecule has 2 aliphatic heterocycles. The minimum Gasteiger partial charge on any atom is -0.444 e. The number of ketones is 1. The number of likely N-dealkylation sites (N-methyl/N-ethyl adjacent to an activating group) is 1. The van der Waals surface area contributed by atoms with E-state index in [4.69, 9.17) is 4.74 Å². The Morgan fingerprint density at radius 3 is 2.50 bits per heavy atom. The summed E-state index contributed by atoms with van der Waals surface area (Å²) in [6.45, 7) is 11.9. The molecule has 1 aromatic heterocycles. The number of anilines is 1. The van der Waals surface area contributed by atoms with Crippen LogP contribution in [0, 0.1) is 0 Å². The molecule has 1 amide bonds. The highest BCUT2D eigenvalue weighted by Gasteiger charge is 2.34. The number of amides is 1. The quantitative estimate of drug-likeness (QED) is 0.681. The number of fused-ring (bicyclic) bond motifs is 1. The lowest BCUT2D eigenvalue weighted by atomic mass is 10.0. The summed E-state index contributed by atoms with van der Waals surface area (Å²) < 4.78 is 5.54. The molecule has 1 saturated heterocycles. The van der Waals surface area contributed by atoms with Crippen LogP contribution in [0.25, 0.3) is 0 Å². The monoisotopic (exact) mass is 436 g/mol. The summed E-state index contributed by atoms with van der Waals surface area (Å²) in [6, 6.07) is 9.44. The van der Waals surface area contributed by atoms with Crippen LogP contribution in [-0.2, 0) is 11.3 Å². The summed E-state index contributed by atoms with van der Waals surface area (Å²) in [5.41, 5.74) is 3.44. The van der Waals surface area contributed by atoms with Crippen LogP contribution in [-0.4, -0.2) is 65.5 Å². The zero-order valence-electron chi connectivity index (χ0n) is 19.6. The first kappa shape index (κ1) is 22.3. The molecule has 0 bridgehead atoms. The Morgan fingerprint density at radius 2 is 1.81 bits per heavy atom. The van der Waals surface area contributed by atoms with Crippen molar-refractivity contribution in [3.63, 3.8) is 0 Å². The van der Waals surface area contributed by atoms with E-state index in [9.17, 15) is 9.59 Å². The van der Waals surface area contributed by atoms with E-state index in [-0.39, 0.29) is 17.9 Å². The van der Waals surface area contributed by atoms with Crippen molar-refractivity contribution in [3.05, 3.63) is 58.9 Å². The Hall–Kier alpha value is -2.93. The molecule has 4 rings (SSSR count). The van der Waals surface area contributed by atoms with Crippen LogP contribution in [0.1, 0.15) is 60.9 Å². The average Bonchev–Trinajstić information content (AvgIpc) is 3.09. The van der Waals surface area contributed by atoms with Gasteiger partial charge in [0, 0.05) is 43.6 Å². The van der Waals surface area contributed by atoms with Crippen molar-refractivity contribution in [1.82, 2.24) is 14.8 Å². The van der Waals surface area contributed by atoms with E-state index in [0.717, 1.165) is 43.0 Å². The fourth-order valence-corrected chi connectivity index (χ4v) is 4.23. The summed E-state index contributed by atoms with van der Waals surface area (Å²) >= 11 is 0. The SMILES string of the molecule is CC1c2cc(C(=O)c3cccc(N4CCN(C)CC4)c3)ncc2CN1C(=O)OC(C)(C)C. The van der Waals surface area contributed by atoms with Crippen molar-refractivity contribution >= 4 is 17.6 Å². The molecule has 0 N–H and O–H groups in total. The molecule has 7 heteroatoms. The maximum atomic E-state index is 13.2. The third-order valence-electron chi connectivity index (χ3n) is 6.12. The van der Waals surface area contributed by atoms with Gasteiger partial charge in [0.25, 0.3) is 0 Å². The largest absolute Gasteiger partial charge is 0.444 e. The summed E-state index contributed by atoms with van der Waals surface area (Å²) in [6.07, 6.45) is 1.36. The molecule has 1 fully saturated rings. The molecular formula is C25H32N4O3. The predicted molar refractivity (Wildman–Crippen MR) is 124 cm³/mol. The van der Waals surface area contributed by atoms with E-state index >= 15 is 0 Å². The third kappa shape index (κ3) is 4.63. The Morgan fingerprint density at radius 1 is 1.09 bits per heavy atom. The first-order chi connectivity index (χ1) is 15.1. The summed E-state index contributed by atoms with van der Waals surface area (Å²) in [5.74, 6) is -0.105. The van der Waals surface area contributed by atoms with E-state index in [1.54, 1.807) is 11.1 Å². The molecule has 3 heterocycles. The average molecular weight is 437 g/mol. The van der Waals surface area contributed by atoms with Crippen molar-refractivity contribution in [3.8, 4) is 0 Å². The van der Waals surface area contributed by atoms with E-state index in [1.807, 2.05) is 52.0 Å². The van der Waals surface area contributed by atoms with Crippen LogP contribution in [0.3, 0.4) is 0 Å². The number of hydrogen-bond acceptors (Lipinski definition) is 6. The second-order valence-electron chi connectivity index (χ2n) is 9.72. The lowest BCUT2D eigenvalue weighted by Gasteiger charge is -2.34. The molecule has 1 aromatic carbocycles. The highest BCUT2D eigenvalue weighted by Crippen LogP contribution is 2.34. The van der Waals surface area contributed by atoms with Gasteiger partial charge in [-0.05, 0) is 64.1 Å². The third-order valence-corrected chi connectivity index (χ3v) is 6.12. The van der Waals surface area contributed by atoms with Crippen LogP contribution in [0.15, 0.2) is 36.5 Å². The first-order valence-corrected chi connectivity index (χ1v) is 11.2. The second-order valence-corrected chi connectivity index (χ2v) is 9.72. The van der Waals surface area contributed by atoms with Crippen molar-refractivity contribution in [1.29, 1.82) is 0 Å². The van der Waals surface area contributed by atoms with Gasteiger partial charge in [0.2, 0.25) is 5.78 Å². The van der Waals surface area contributed by atoms with Gasteiger partial charge < -0.3 is 14.5 Å². The molecule has 0 spiro atoms. The van der Waals surface area contributed by atoms with Crippen molar-refractivity contribution in [2.45, 2.75) is 45.9 Å². The van der Waals surface area contributed by atoms with Gasteiger partial charge in [-0.1, -0.05) is 12.1 Å². The van der Waals surface area contributed by atoms with Crippen molar-refractivity contribution in [2.75, 3.05) is 38.1 Å². The van der Waals surface area contributed by atoms with Gasteiger partial charge in [-0.2, -0.15) is 0 Å². The van der Waals surface area contributed by atoms with Crippen molar-refractivity contribution < 1.29 is 14.3 Å². The Labute approximate surface area is 190 Å². The van der Waals surface area contributed by atoms with Crippen LogP contribution in [0.4, 0.5) is 10.5 Å². The predicted octanol–water partition coefficient (Wildman–Crippen LogP) is 3.88. The zero-order valence-corrected chi connectivity index (χ0v) is 19.6. The number of piperazine rings is 1. The summed E-state index contributed by atoms with van der Waals surface area (Å²) in [5, 5.41) is 0. The van der Waals surface area contributed by atoms with Crippen LogP contribution in [0.2, 0.25) is 0 Å². The lowest BCUT2D eigenvalue weighted by Crippen LogP contribution is -2.44. The molecule has 2 aromatic rings. The van der Waals surface area contributed by atoms with Crippen LogP contribution in [0.5, 0.6) is 0 Å². The Bertz CT molecular complexity index is 1020. The van der Waals surface area contributed by atoms with E-state index in [1.165, 1.54) is 0 Å². The van der Waals surface area contributed by atoms with Gasteiger partial charge in [-0.15, -0.1) is 0 Å². The number of rotatable bonds is 3. The number of hydrogen-bond donors (Lipinski definition) is 0. The molecule has 32 heavy (non-hydrogen) atoms. The highest BCUT2D eigenvalue weighted by molar-refractivity contribution is 6.08. The number of pyridine rings is 1. The molecule has 0 aliphatic carbocycles. The minimum atomic E-state index is -0.556. The Balaban J connectivity index is 1.53. The van der Waals surface area contributed by atoms with Crippen LogP contribution < -0.4 is 4.90 Å². The molecule has 7 nitrogen and oxygen atoms in total. The zero-order chi connectivity index (χ0) is 23.0. The number of carbonyl (C=O) groups is 2. The topological polar surface area (TPSA) is 66.0 Å². The molecule has 0 radical (unpaired) electrons. The maximum absolute atomic E-state index is 13.2. The van der Waals surface area contributed by atoms with Gasteiger partial charge in [0.1, 0.15) is 11.3 Å². The summed E-state index contributed by atoms with van der Waals surface area (Å²) in [7, 11) is 2.13. The standard InChI is InChI=1S/C25H32N4O3/c1-17-21-14-22(26-15-19(21)16-29(17)24(31)32-25(2,3)4)23(30)18-7-6-8-20(13-18)28-11-9-27(5)10-12-28/h6-8,13-15,17H,9-12,16H2,1-5H3. The maximum Gasteiger partial charge on any atom is 0.411 e. The Kier molecular flexibility index (Phi) is 5.95. The highest BCUT2D eigenvalue weighted by atomic mass is 16.6. The number of benzene rings is 1. The smallest absolute Gasteiger partial charge is 0.411 e. The number of ether oxygens (including phenoxy) is 1. The molecule has 0 saturated carbocycles. The van der Waals surface area contributed by atoms with Crippen molar-refractivity contribution in [2.24, 2.45) is 0 Å². The molecule has 2 aliphatic rings. The number of carbonyl (C=O) groups excluding carboxylic acids is 2. The van der Waals surface area contributed by atoms with E-state index in [0.29, 0.717) is 17.8 Å². The normalized spacial score (nSPS) is 19.1. The lowest BCUT2D eigenvalue weighted by molar-refractivity contribution is 0.0187. The molecular weight excluding hydrogens is 404 g/mol. The van der Waals surface area contributed by atoms with Gasteiger partial charge in [0.15, 0.2) is 0 Å². The molecule has 170 valence electrons. The van der Waals surface area contributed by atoms with E-state index in [2.05, 4.69) is 27.9 Å². The molecule has 1 unspecified atom stereocenters. The first-order valence-electron chi connectivity index (χ1n) is 11.2. The van der Waals surface area contributed by atoms with Gasteiger partial charge >= 0.3 is 6.09 Å². The number of nitrogens with zero attached hydrogens (tertiary/aromatic N) is 4. The second kappa shape index (κ2) is 8.54. The van der Waals surface area contributed by atoms with Gasteiger partial charge in [-0.25, -0.2) is 4.79 Å². The summed E-state index contributed by atoms with van der Waals surface area (Å²) in [4.78, 5) is 36.6. The fraction of sp³-hybridized carbons (Fsp3) is 0.480. The van der Waals surface area contributed by atoms with Gasteiger partial charge in [0.05, 0.1) is 12.6 Å². The molecule has 1 atom stereocenters. The van der Waals surface area contributed by atoms with E-state index < -0.39 is 5.60 Å². The fourth-order valence-electron chi connectivity index (χ4n) is 4.23. The number of aromatic nitrogens is 1.